The molecule has 1 nitrogen and oxygen atoms in total. The molecule has 0 fully saturated rings. The van der Waals surface area contributed by atoms with E-state index in [9.17, 15) is 0 Å². The fourth-order valence-electron chi connectivity index (χ4n) is 2.40. The van der Waals surface area contributed by atoms with Gasteiger partial charge in [0.2, 0.25) is 0 Å². The van der Waals surface area contributed by atoms with E-state index in [-0.39, 0.29) is 6.61 Å². The SMILES string of the molecule is OC/C=C/c1c2ccccc2cc2ccccc12. The quantitative estimate of drug-likeness (QED) is 0.664. The predicted octanol–water partition coefficient (Wildman–Crippen LogP) is 4.00. The van der Waals surface area contributed by atoms with Gasteiger partial charge < -0.3 is 5.11 Å². The number of aliphatic hydroxyl groups is 1. The summed E-state index contributed by atoms with van der Waals surface area (Å²) in [6.07, 6.45) is 3.79. The van der Waals surface area contributed by atoms with Crippen molar-refractivity contribution in [2.75, 3.05) is 6.61 Å². The molecule has 0 aliphatic rings. The van der Waals surface area contributed by atoms with Gasteiger partial charge in [0, 0.05) is 0 Å². The van der Waals surface area contributed by atoms with Gasteiger partial charge in [-0.25, -0.2) is 0 Å². The maximum atomic E-state index is 8.98. The number of aliphatic hydroxyl groups excluding tert-OH is 1. The number of benzene rings is 3. The molecule has 0 spiro atoms. The van der Waals surface area contributed by atoms with E-state index in [2.05, 4.69) is 42.5 Å². The summed E-state index contributed by atoms with van der Waals surface area (Å²) < 4.78 is 0. The minimum atomic E-state index is 0.0670. The highest BCUT2D eigenvalue weighted by atomic mass is 16.2. The fourth-order valence-corrected chi connectivity index (χ4v) is 2.40. The molecule has 0 aliphatic carbocycles. The summed E-state index contributed by atoms with van der Waals surface area (Å²) in [4.78, 5) is 0. The normalized spacial score (nSPS) is 11.6. The molecule has 0 bridgehead atoms. The molecule has 1 N–H and O–H groups in total. The molecule has 0 amide bonds. The molecule has 0 radical (unpaired) electrons. The lowest BCUT2D eigenvalue weighted by Gasteiger charge is -2.08. The Bertz CT molecular complexity index is 672. The Morgan fingerprint density at radius 3 is 1.94 bits per heavy atom. The molecule has 1 heteroatoms. The first-order chi connectivity index (χ1) is 8.90. The second-order valence-corrected chi connectivity index (χ2v) is 4.32. The van der Waals surface area contributed by atoms with Crippen molar-refractivity contribution in [3.63, 3.8) is 0 Å². The monoisotopic (exact) mass is 234 g/mol. The largest absolute Gasteiger partial charge is 0.392 e. The zero-order chi connectivity index (χ0) is 12.4. The third-order valence-corrected chi connectivity index (χ3v) is 3.20. The van der Waals surface area contributed by atoms with Crippen LogP contribution in [-0.2, 0) is 0 Å². The van der Waals surface area contributed by atoms with Crippen LogP contribution in [0.5, 0.6) is 0 Å². The summed E-state index contributed by atoms with van der Waals surface area (Å²) in [5.74, 6) is 0. The smallest absolute Gasteiger partial charge is 0.0615 e. The Labute approximate surface area is 106 Å². The third-order valence-electron chi connectivity index (χ3n) is 3.20. The van der Waals surface area contributed by atoms with Gasteiger partial charge in [0.05, 0.1) is 6.61 Å². The minimum absolute atomic E-state index is 0.0670. The first-order valence-corrected chi connectivity index (χ1v) is 6.08. The van der Waals surface area contributed by atoms with Crippen molar-refractivity contribution in [2.24, 2.45) is 0 Å². The van der Waals surface area contributed by atoms with Gasteiger partial charge in [0.1, 0.15) is 0 Å². The second kappa shape index (κ2) is 4.63. The molecule has 88 valence electrons. The topological polar surface area (TPSA) is 20.2 Å². The lowest BCUT2D eigenvalue weighted by Crippen LogP contribution is -1.83. The van der Waals surface area contributed by atoms with E-state index in [4.69, 9.17) is 5.11 Å². The maximum Gasteiger partial charge on any atom is 0.0615 e. The number of hydrogen-bond donors (Lipinski definition) is 1. The van der Waals surface area contributed by atoms with Crippen LogP contribution in [0.4, 0.5) is 0 Å². The van der Waals surface area contributed by atoms with E-state index in [0.29, 0.717) is 0 Å². The van der Waals surface area contributed by atoms with Gasteiger partial charge in [-0.2, -0.15) is 0 Å². The molecule has 3 rings (SSSR count). The summed E-state index contributed by atoms with van der Waals surface area (Å²) >= 11 is 0. The van der Waals surface area contributed by atoms with Crippen LogP contribution >= 0.6 is 0 Å². The Kier molecular flexibility index (Phi) is 2.83. The zero-order valence-corrected chi connectivity index (χ0v) is 10.0. The fraction of sp³-hybridized carbons (Fsp3) is 0.0588. The molecule has 0 saturated heterocycles. The first-order valence-electron chi connectivity index (χ1n) is 6.08. The van der Waals surface area contributed by atoms with Crippen molar-refractivity contribution in [1.82, 2.24) is 0 Å². The highest BCUT2D eigenvalue weighted by Crippen LogP contribution is 2.29. The summed E-state index contributed by atoms with van der Waals surface area (Å²) in [5.41, 5.74) is 1.18. The van der Waals surface area contributed by atoms with Crippen molar-refractivity contribution in [3.8, 4) is 0 Å². The van der Waals surface area contributed by atoms with E-state index in [0.717, 1.165) is 0 Å². The Morgan fingerprint density at radius 1 is 0.833 bits per heavy atom. The number of hydrogen-bond acceptors (Lipinski definition) is 1. The summed E-state index contributed by atoms with van der Waals surface area (Å²) in [7, 11) is 0. The van der Waals surface area contributed by atoms with Gasteiger partial charge in [0.25, 0.3) is 0 Å². The molecule has 0 aromatic heterocycles. The van der Waals surface area contributed by atoms with Gasteiger partial charge in [-0.15, -0.1) is 0 Å². The average molecular weight is 234 g/mol. The van der Waals surface area contributed by atoms with Gasteiger partial charge in [-0.05, 0) is 33.2 Å². The second-order valence-electron chi connectivity index (χ2n) is 4.32. The third kappa shape index (κ3) is 1.79. The lowest BCUT2D eigenvalue weighted by molar-refractivity contribution is 0.343. The molecule has 0 unspecified atom stereocenters. The van der Waals surface area contributed by atoms with Crippen molar-refractivity contribution in [3.05, 3.63) is 66.2 Å². The Morgan fingerprint density at radius 2 is 1.39 bits per heavy atom. The van der Waals surface area contributed by atoms with Crippen molar-refractivity contribution < 1.29 is 5.11 Å². The predicted molar refractivity (Wildman–Crippen MR) is 77.6 cm³/mol. The van der Waals surface area contributed by atoms with Crippen LogP contribution in [0.2, 0.25) is 0 Å². The lowest BCUT2D eigenvalue weighted by atomic mass is 9.96. The van der Waals surface area contributed by atoms with Crippen LogP contribution in [0.25, 0.3) is 27.6 Å². The molecule has 0 atom stereocenters. The van der Waals surface area contributed by atoms with Crippen LogP contribution in [0.15, 0.2) is 60.7 Å². The molecule has 0 saturated carbocycles. The van der Waals surface area contributed by atoms with Crippen LogP contribution in [0.3, 0.4) is 0 Å². The van der Waals surface area contributed by atoms with Crippen LogP contribution in [0, 0.1) is 0 Å². The Hall–Kier alpha value is -2.12. The van der Waals surface area contributed by atoms with Crippen molar-refractivity contribution in [1.29, 1.82) is 0 Å². The van der Waals surface area contributed by atoms with E-state index in [1.54, 1.807) is 6.08 Å². The molecular formula is C17H14O. The van der Waals surface area contributed by atoms with Crippen LogP contribution in [-0.4, -0.2) is 11.7 Å². The molecule has 0 aliphatic heterocycles. The molecule has 3 aromatic rings. The summed E-state index contributed by atoms with van der Waals surface area (Å²) in [6, 6.07) is 18.9. The van der Waals surface area contributed by atoms with Gasteiger partial charge in [-0.1, -0.05) is 60.7 Å². The van der Waals surface area contributed by atoms with E-state index >= 15 is 0 Å². The summed E-state index contributed by atoms with van der Waals surface area (Å²) in [5, 5.41) is 13.9. The maximum absolute atomic E-state index is 8.98. The highest BCUT2D eigenvalue weighted by molar-refractivity contribution is 6.06. The Balaban J connectivity index is 2.45. The molecule has 0 heterocycles. The standard InChI is InChI=1S/C17H14O/c18-11-5-10-17-15-8-3-1-6-13(15)12-14-7-2-4-9-16(14)17/h1-10,12,18H,11H2/b10-5+. The molecule has 3 aromatic carbocycles. The molecular weight excluding hydrogens is 220 g/mol. The van der Waals surface area contributed by atoms with Crippen LogP contribution in [0.1, 0.15) is 5.56 Å². The van der Waals surface area contributed by atoms with Gasteiger partial charge in [-0.3, -0.25) is 0 Å². The number of rotatable bonds is 2. The highest BCUT2D eigenvalue weighted by Gasteiger charge is 2.03. The summed E-state index contributed by atoms with van der Waals surface area (Å²) in [6.45, 7) is 0.0670. The minimum Gasteiger partial charge on any atom is -0.392 e. The van der Waals surface area contributed by atoms with E-state index in [1.165, 1.54) is 27.1 Å². The van der Waals surface area contributed by atoms with E-state index in [1.807, 2.05) is 18.2 Å². The first kappa shape index (κ1) is 11.0. The van der Waals surface area contributed by atoms with Crippen LogP contribution < -0.4 is 0 Å². The molecule has 18 heavy (non-hydrogen) atoms. The average Bonchev–Trinajstić information content (AvgIpc) is 2.43. The van der Waals surface area contributed by atoms with Gasteiger partial charge in [0.15, 0.2) is 0 Å². The van der Waals surface area contributed by atoms with Gasteiger partial charge >= 0.3 is 0 Å². The zero-order valence-electron chi connectivity index (χ0n) is 10.0. The number of fused-ring (bicyclic) bond motifs is 2. The van der Waals surface area contributed by atoms with E-state index < -0.39 is 0 Å². The van der Waals surface area contributed by atoms with Crippen molar-refractivity contribution >= 4 is 27.6 Å². The van der Waals surface area contributed by atoms with Crippen molar-refractivity contribution in [2.45, 2.75) is 0 Å².